The standard InChI is InChI=1S/C18H18N2O2S2/c1-12-10-15(17(22)19-8-9-24-18(19)23)13(2)16(21)20(12)11-14-6-4-3-5-7-14/h3-7,10H,8-9,11H2,1-2H3. The lowest BCUT2D eigenvalue weighted by Crippen LogP contribution is -2.34. The van der Waals surface area contributed by atoms with Crippen LogP contribution in [0.15, 0.2) is 41.2 Å². The summed E-state index contributed by atoms with van der Waals surface area (Å²) in [6.07, 6.45) is 0. The van der Waals surface area contributed by atoms with Crippen molar-refractivity contribution in [2.75, 3.05) is 12.3 Å². The molecule has 124 valence electrons. The van der Waals surface area contributed by atoms with Gasteiger partial charge in [-0.1, -0.05) is 54.3 Å². The number of aromatic nitrogens is 1. The Morgan fingerprint density at radius 2 is 1.96 bits per heavy atom. The first-order valence-corrected chi connectivity index (χ1v) is 9.12. The van der Waals surface area contributed by atoms with Crippen molar-refractivity contribution in [2.45, 2.75) is 20.4 Å². The lowest BCUT2D eigenvalue weighted by Gasteiger charge is -2.18. The van der Waals surface area contributed by atoms with E-state index in [2.05, 4.69) is 0 Å². The fourth-order valence-electron chi connectivity index (χ4n) is 2.78. The molecular weight excluding hydrogens is 340 g/mol. The molecule has 0 bridgehead atoms. The van der Waals surface area contributed by atoms with Crippen LogP contribution in [0.3, 0.4) is 0 Å². The van der Waals surface area contributed by atoms with Crippen molar-refractivity contribution in [3.8, 4) is 0 Å². The smallest absolute Gasteiger partial charge is 0.259 e. The van der Waals surface area contributed by atoms with Gasteiger partial charge in [0.1, 0.15) is 4.32 Å². The number of carbonyl (C=O) groups excluding carboxylic acids is 1. The molecule has 1 aliphatic heterocycles. The number of carbonyl (C=O) groups is 1. The lowest BCUT2D eigenvalue weighted by atomic mass is 10.1. The van der Waals surface area contributed by atoms with E-state index >= 15 is 0 Å². The molecule has 0 atom stereocenters. The van der Waals surface area contributed by atoms with Crippen molar-refractivity contribution < 1.29 is 4.79 Å². The Balaban J connectivity index is 1.98. The molecule has 3 rings (SSSR count). The van der Waals surface area contributed by atoms with Gasteiger partial charge in [-0.05, 0) is 25.5 Å². The zero-order chi connectivity index (χ0) is 17.3. The molecule has 1 fully saturated rings. The van der Waals surface area contributed by atoms with Crippen LogP contribution in [0.4, 0.5) is 0 Å². The highest BCUT2D eigenvalue weighted by molar-refractivity contribution is 8.23. The first kappa shape index (κ1) is 16.9. The number of hydrogen-bond acceptors (Lipinski definition) is 4. The van der Waals surface area contributed by atoms with Gasteiger partial charge in [0.05, 0.1) is 12.1 Å². The second kappa shape index (κ2) is 6.91. The van der Waals surface area contributed by atoms with Crippen LogP contribution in [0.2, 0.25) is 0 Å². The topological polar surface area (TPSA) is 42.3 Å². The second-order valence-corrected chi connectivity index (χ2v) is 7.50. The molecule has 1 amide bonds. The summed E-state index contributed by atoms with van der Waals surface area (Å²) in [7, 11) is 0. The predicted octanol–water partition coefficient (Wildman–Crippen LogP) is 2.99. The Morgan fingerprint density at radius 1 is 1.25 bits per heavy atom. The molecule has 1 aromatic heterocycles. The summed E-state index contributed by atoms with van der Waals surface area (Å²) in [5, 5.41) is 0. The van der Waals surface area contributed by atoms with E-state index in [0.717, 1.165) is 17.0 Å². The zero-order valence-corrected chi connectivity index (χ0v) is 15.2. The number of thiocarbonyl (C=S) groups is 1. The maximum atomic E-state index is 12.8. The van der Waals surface area contributed by atoms with Crippen LogP contribution in [0.1, 0.15) is 27.2 Å². The molecule has 2 aromatic rings. The molecule has 24 heavy (non-hydrogen) atoms. The van der Waals surface area contributed by atoms with Crippen molar-refractivity contribution in [3.05, 3.63) is 69.1 Å². The number of thioether (sulfide) groups is 1. The molecular formula is C18H18N2O2S2. The Morgan fingerprint density at radius 3 is 2.58 bits per heavy atom. The van der Waals surface area contributed by atoms with Gasteiger partial charge in [-0.3, -0.25) is 14.5 Å². The molecule has 1 aromatic carbocycles. The van der Waals surface area contributed by atoms with Crippen molar-refractivity contribution in [1.29, 1.82) is 0 Å². The van der Waals surface area contributed by atoms with E-state index in [4.69, 9.17) is 12.2 Å². The van der Waals surface area contributed by atoms with E-state index in [1.165, 1.54) is 11.8 Å². The first-order chi connectivity index (χ1) is 11.5. The fraction of sp³-hybridized carbons (Fsp3) is 0.278. The molecule has 0 radical (unpaired) electrons. The van der Waals surface area contributed by atoms with Gasteiger partial charge in [-0.25, -0.2) is 0 Å². The highest BCUT2D eigenvalue weighted by atomic mass is 32.2. The van der Waals surface area contributed by atoms with Crippen molar-refractivity contribution in [1.82, 2.24) is 9.47 Å². The maximum absolute atomic E-state index is 12.8. The minimum Gasteiger partial charge on any atom is -0.308 e. The second-order valence-electron chi connectivity index (χ2n) is 5.77. The normalized spacial score (nSPS) is 14.2. The van der Waals surface area contributed by atoms with Gasteiger partial charge in [-0.15, -0.1) is 0 Å². The van der Waals surface area contributed by atoms with Crippen LogP contribution < -0.4 is 5.56 Å². The molecule has 1 aliphatic rings. The van der Waals surface area contributed by atoms with Crippen LogP contribution in [0, 0.1) is 13.8 Å². The predicted molar refractivity (Wildman–Crippen MR) is 102 cm³/mol. The summed E-state index contributed by atoms with van der Waals surface area (Å²) in [6, 6.07) is 11.6. The molecule has 0 aliphatic carbocycles. The van der Waals surface area contributed by atoms with E-state index < -0.39 is 0 Å². The highest BCUT2D eigenvalue weighted by Gasteiger charge is 2.27. The Labute approximate surface area is 150 Å². The summed E-state index contributed by atoms with van der Waals surface area (Å²) in [5.41, 5.74) is 2.63. The molecule has 6 heteroatoms. The van der Waals surface area contributed by atoms with Gasteiger partial charge >= 0.3 is 0 Å². The van der Waals surface area contributed by atoms with Crippen molar-refractivity contribution in [2.24, 2.45) is 0 Å². The largest absolute Gasteiger partial charge is 0.308 e. The van der Waals surface area contributed by atoms with Crippen LogP contribution in [-0.4, -0.2) is 32.0 Å². The number of rotatable bonds is 3. The summed E-state index contributed by atoms with van der Waals surface area (Å²) < 4.78 is 2.30. The number of benzene rings is 1. The fourth-order valence-corrected chi connectivity index (χ4v) is 3.98. The van der Waals surface area contributed by atoms with Crippen LogP contribution in [0.25, 0.3) is 0 Å². The van der Waals surface area contributed by atoms with Gasteiger partial charge < -0.3 is 4.57 Å². The number of amides is 1. The molecule has 0 saturated carbocycles. The first-order valence-electron chi connectivity index (χ1n) is 7.72. The Hall–Kier alpha value is -1.92. The summed E-state index contributed by atoms with van der Waals surface area (Å²) in [6.45, 7) is 4.67. The molecule has 2 heterocycles. The van der Waals surface area contributed by atoms with Crippen molar-refractivity contribution >= 4 is 34.2 Å². The van der Waals surface area contributed by atoms with E-state index in [0.29, 0.717) is 28.5 Å². The van der Waals surface area contributed by atoms with Crippen LogP contribution in [-0.2, 0) is 6.54 Å². The van der Waals surface area contributed by atoms with Gasteiger partial charge in [0, 0.05) is 23.6 Å². The molecule has 0 N–H and O–H groups in total. The number of pyridine rings is 1. The monoisotopic (exact) mass is 358 g/mol. The third-order valence-electron chi connectivity index (χ3n) is 4.17. The van der Waals surface area contributed by atoms with Crippen molar-refractivity contribution in [3.63, 3.8) is 0 Å². The minimum absolute atomic E-state index is 0.125. The van der Waals surface area contributed by atoms with E-state index in [9.17, 15) is 9.59 Å². The summed E-state index contributed by atoms with van der Waals surface area (Å²) >= 11 is 6.72. The van der Waals surface area contributed by atoms with Gasteiger partial charge in [0.25, 0.3) is 11.5 Å². The van der Waals surface area contributed by atoms with E-state index in [1.54, 1.807) is 22.5 Å². The molecule has 0 spiro atoms. The lowest BCUT2D eigenvalue weighted by molar-refractivity contribution is 0.0860. The number of nitrogens with zero attached hydrogens (tertiary/aromatic N) is 2. The third-order valence-corrected chi connectivity index (χ3v) is 5.60. The van der Waals surface area contributed by atoms with Gasteiger partial charge in [-0.2, -0.15) is 0 Å². The average Bonchev–Trinajstić information content (AvgIpc) is 3.01. The maximum Gasteiger partial charge on any atom is 0.259 e. The Bertz CT molecular complexity index is 859. The van der Waals surface area contributed by atoms with Gasteiger partial charge in [0.15, 0.2) is 0 Å². The molecule has 4 nitrogen and oxygen atoms in total. The average molecular weight is 358 g/mol. The Kier molecular flexibility index (Phi) is 4.87. The third kappa shape index (κ3) is 3.16. The van der Waals surface area contributed by atoms with Crippen LogP contribution >= 0.6 is 24.0 Å². The highest BCUT2D eigenvalue weighted by Crippen LogP contribution is 2.21. The SMILES string of the molecule is Cc1c(C(=O)N2CCSC2=S)cc(C)n(Cc2ccccc2)c1=O. The van der Waals surface area contributed by atoms with Crippen LogP contribution in [0.5, 0.6) is 0 Å². The summed E-state index contributed by atoms with van der Waals surface area (Å²) in [5.74, 6) is 0.641. The van der Waals surface area contributed by atoms with E-state index in [1.807, 2.05) is 37.3 Å². The minimum atomic E-state index is -0.172. The molecule has 0 unspecified atom stereocenters. The van der Waals surface area contributed by atoms with E-state index in [-0.39, 0.29) is 11.5 Å². The molecule has 1 saturated heterocycles. The summed E-state index contributed by atoms with van der Waals surface area (Å²) in [4.78, 5) is 27.1. The number of hydrogen-bond donors (Lipinski definition) is 0. The quantitative estimate of drug-likeness (QED) is 0.791. The number of aryl methyl sites for hydroxylation is 1. The van der Waals surface area contributed by atoms with Gasteiger partial charge in [0.2, 0.25) is 0 Å². The zero-order valence-electron chi connectivity index (χ0n) is 13.6.